The van der Waals surface area contributed by atoms with Crippen molar-refractivity contribution in [2.45, 2.75) is 51.2 Å². The van der Waals surface area contributed by atoms with E-state index in [-0.39, 0.29) is 5.75 Å². The van der Waals surface area contributed by atoms with Crippen LogP contribution in [0.3, 0.4) is 0 Å². The average Bonchev–Trinajstić information content (AvgIpc) is 2.92. The summed E-state index contributed by atoms with van der Waals surface area (Å²) in [6.07, 6.45) is 7.20. The third kappa shape index (κ3) is 6.70. The number of β-amino-alcohol motifs (C(OH)–C–C–N with tert-alkyl or cyclic N) is 1. The Morgan fingerprint density at radius 1 is 0.926 bits per heavy atom. The number of nitrogens with zero attached hydrogens (tertiary/aromatic N) is 2. The highest BCUT2D eigenvalue weighted by molar-refractivity contribution is 5.28. The molecule has 0 saturated carbocycles. The van der Waals surface area contributed by atoms with Crippen LogP contribution in [0.2, 0.25) is 0 Å². The molecule has 0 radical (unpaired) electrons. The molecule has 1 aromatic carbocycles. The molecule has 4 nitrogen and oxygen atoms in total. The number of alkyl halides is 2. The van der Waals surface area contributed by atoms with Gasteiger partial charge in [0.25, 0.3) is 0 Å². The van der Waals surface area contributed by atoms with Gasteiger partial charge in [-0.15, -0.1) is 0 Å². The lowest BCUT2D eigenvalue weighted by molar-refractivity contribution is -0.0498. The third-order valence-electron chi connectivity index (χ3n) is 5.84. The molecule has 2 fully saturated rings. The molecule has 0 aliphatic carbocycles. The number of likely N-dealkylation sites (tertiary alicyclic amines) is 2. The van der Waals surface area contributed by atoms with E-state index in [1.807, 2.05) is 0 Å². The lowest BCUT2D eigenvalue weighted by Gasteiger charge is -2.35. The number of rotatable bonds is 7. The smallest absolute Gasteiger partial charge is 0.387 e. The highest BCUT2D eigenvalue weighted by atomic mass is 19.3. The molecule has 27 heavy (non-hydrogen) atoms. The van der Waals surface area contributed by atoms with Gasteiger partial charge in [0.2, 0.25) is 0 Å². The molecule has 2 aliphatic heterocycles. The molecule has 2 heterocycles. The zero-order chi connectivity index (χ0) is 19.1. The molecule has 1 atom stereocenters. The summed E-state index contributed by atoms with van der Waals surface area (Å²) in [7, 11) is 0. The van der Waals surface area contributed by atoms with Crippen molar-refractivity contribution < 1.29 is 18.6 Å². The summed E-state index contributed by atoms with van der Waals surface area (Å²) in [5.41, 5.74) is 0.739. The highest BCUT2D eigenvalue weighted by Crippen LogP contribution is 2.24. The Morgan fingerprint density at radius 2 is 1.56 bits per heavy atom. The lowest BCUT2D eigenvalue weighted by atomic mass is 9.95. The predicted octanol–water partition coefficient (Wildman–Crippen LogP) is 3.91. The molecule has 0 bridgehead atoms. The van der Waals surface area contributed by atoms with Crippen molar-refractivity contribution in [2.75, 3.05) is 39.3 Å². The zero-order valence-electron chi connectivity index (χ0n) is 16.0. The molecule has 0 amide bonds. The number of hydrogen-bond donors (Lipinski definition) is 1. The highest BCUT2D eigenvalue weighted by Gasteiger charge is 2.23. The first-order valence-corrected chi connectivity index (χ1v) is 10.3. The zero-order valence-corrected chi connectivity index (χ0v) is 16.0. The van der Waals surface area contributed by atoms with Crippen molar-refractivity contribution in [1.82, 2.24) is 9.80 Å². The van der Waals surface area contributed by atoms with Gasteiger partial charge in [-0.2, -0.15) is 8.78 Å². The monoisotopic (exact) mass is 382 g/mol. The Bertz CT molecular complexity index is 540. The molecule has 2 saturated heterocycles. The molecular weight excluding hydrogens is 350 g/mol. The van der Waals surface area contributed by atoms with Gasteiger partial charge in [-0.1, -0.05) is 25.0 Å². The summed E-state index contributed by atoms with van der Waals surface area (Å²) in [6, 6.07) is 6.29. The maximum Gasteiger partial charge on any atom is 0.387 e. The number of aliphatic hydroxyl groups excluding tert-OH is 1. The number of aliphatic hydroxyl groups is 1. The fourth-order valence-corrected chi connectivity index (χ4v) is 4.26. The maximum absolute atomic E-state index is 12.2. The first-order chi connectivity index (χ1) is 13.1. The van der Waals surface area contributed by atoms with E-state index in [0.29, 0.717) is 6.54 Å². The van der Waals surface area contributed by atoms with Gasteiger partial charge < -0.3 is 19.6 Å². The van der Waals surface area contributed by atoms with Gasteiger partial charge in [0.15, 0.2) is 0 Å². The van der Waals surface area contributed by atoms with Crippen LogP contribution in [-0.2, 0) is 0 Å². The van der Waals surface area contributed by atoms with Gasteiger partial charge in [0.1, 0.15) is 5.75 Å². The standard InChI is InChI=1S/C21H32F2N2O2/c22-21(23)27-19-7-5-18(6-8-19)20(26)16-25-13-9-17(10-14-25)15-24-11-3-1-2-4-12-24/h5-8,17,20-21,26H,1-4,9-16H2/t20-/m1/s1. The van der Waals surface area contributed by atoms with Crippen LogP contribution in [0.15, 0.2) is 24.3 Å². The quantitative estimate of drug-likeness (QED) is 0.776. The van der Waals surface area contributed by atoms with Crippen LogP contribution >= 0.6 is 0 Å². The minimum absolute atomic E-state index is 0.121. The number of benzene rings is 1. The van der Waals surface area contributed by atoms with E-state index in [1.165, 1.54) is 70.3 Å². The fraction of sp³-hybridized carbons (Fsp3) is 0.714. The summed E-state index contributed by atoms with van der Waals surface area (Å²) >= 11 is 0. The molecular formula is C21H32F2N2O2. The summed E-state index contributed by atoms with van der Waals surface area (Å²) in [5, 5.41) is 10.5. The molecule has 6 heteroatoms. The number of halogens is 2. The van der Waals surface area contributed by atoms with E-state index in [0.717, 1.165) is 24.6 Å². The van der Waals surface area contributed by atoms with E-state index < -0.39 is 12.7 Å². The molecule has 152 valence electrons. The van der Waals surface area contributed by atoms with Gasteiger partial charge in [0, 0.05) is 13.1 Å². The van der Waals surface area contributed by atoms with Crippen molar-refractivity contribution in [1.29, 1.82) is 0 Å². The second-order valence-corrected chi connectivity index (χ2v) is 7.92. The molecule has 2 aliphatic rings. The average molecular weight is 382 g/mol. The van der Waals surface area contributed by atoms with Gasteiger partial charge in [0.05, 0.1) is 6.10 Å². The van der Waals surface area contributed by atoms with Gasteiger partial charge >= 0.3 is 6.61 Å². The number of hydrogen-bond acceptors (Lipinski definition) is 4. The Kier molecular flexibility index (Phi) is 7.85. The molecule has 0 spiro atoms. The SMILES string of the molecule is O[C@H](CN1CCC(CN2CCCCCC2)CC1)c1ccc(OC(F)F)cc1. The van der Waals surface area contributed by atoms with Crippen LogP contribution < -0.4 is 4.74 Å². The summed E-state index contributed by atoms with van der Waals surface area (Å²) in [4.78, 5) is 4.96. The van der Waals surface area contributed by atoms with Crippen molar-refractivity contribution in [3.05, 3.63) is 29.8 Å². The lowest BCUT2D eigenvalue weighted by Crippen LogP contribution is -2.40. The van der Waals surface area contributed by atoms with E-state index >= 15 is 0 Å². The van der Waals surface area contributed by atoms with Gasteiger partial charge in [-0.3, -0.25) is 0 Å². The van der Waals surface area contributed by atoms with E-state index in [2.05, 4.69) is 14.5 Å². The molecule has 3 rings (SSSR count). The minimum atomic E-state index is -2.82. The van der Waals surface area contributed by atoms with Gasteiger partial charge in [-0.05, 0) is 75.5 Å². The van der Waals surface area contributed by atoms with Crippen LogP contribution in [0.1, 0.15) is 50.2 Å². The predicted molar refractivity (Wildman–Crippen MR) is 102 cm³/mol. The summed E-state index contributed by atoms with van der Waals surface area (Å²) in [5.74, 6) is 0.887. The van der Waals surface area contributed by atoms with Crippen molar-refractivity contribution in [3.63, 3.8) is 0 Å². The second-order valence-electron chi connectivity index (χ2n) is 7.92. The first-order valence-electron chi connectivity index (χ1n) is 10.3. The Morgan fingerprint density at radius 3 is 2.15 bits per heavy atom. The van der Waals surface area contributed by atoms with Crippen LogP contribution in [0.4, 0.5) is 8.78 Å². The number of ether oxygens (including phenoxy) is 1. The number of piperidine rings is 1. The fourth-order valence-electron chi connectivity index (χ4n) is 4.26. The van der Waals surface area contributed by atoms with Gasteiger partial charge in [-0.25, -0.2) is 0 Å². The largest absolute Gasteiger partial charge is 0.435 e. The molecule has 1 N–H and O–H groups in total. The third-order valence-corrected chi connectivity index (χ3v) is 5.84. The Balaban J connectivity index is 1.40. The van der Waals surface area contributed by atoms with Crippen molar-refractivity contribution >= 4 is 0 Å². The van der Waals surface area contributed by atoms with Crippen molar-refractivity contribution in [2.24, 2.45) is 5.92 Å². The molecule has 1 aromatic rings. The van der Waals surface area contributed by atoms with Crippen LogP contribution in [0.5, 0.6) is 5.75 Å². The maximum atomic E-state index is 12.2. The first kappa shape index (κ1) is 20.5. The van der Waals surface area contributed by atoms with Crippen LogP contribution in [0.25, 0.3) is 0 Å². The second kappa shape index (κ2) is 10.3. The summed E-state index contributed by atoms with van der Waals surface area (Å²) in [6.45, 7) is 3.53. The summed E-state index contributed by atoms with van der Waals surface area (Å²) < 4.78 is 28.8. The van der Waals surface area contributed by atoms with E-state index in [9.17, 15) is 13.9 Å². The minimum Gasteiger partial charge on any atom is -0.435 e. The van der Waals surface area contributed by atoms with E-state index in [1.54, 1.807) is 12.1 Å². The van der Waals surface area contributed by atoms with Crippen LogP contribution in [0, 0.1) is 5.92 Å². The van der Waals surface area contributed by atoms with Crippen LogP contribution in [-0.4, -0.2) is 60.8 Å². The Labute approximate surface area is 161 Å². The van der Waals surface area contributed by atoms with E-state index in [4.69, 9.17) is 0 Å². The molecule has 0 aromatic heterocycles. The Hall–Kier alpha value is -1.24. The van der Waals surface area contributed by atoms with Crippen molar-refractivity contribution in [3.8, 4) is 5.75 Å². The normalized spacial score (nSPS) is 21.9. The molecule has 0 unspecified atom stereocenters. The topological polar surface area (TPSA) is 35.9 Å².